The van der Waals surface area contributed by atoms with E-state index in [-0.39, 0.29) is 16.8 Å². The molecule has 0 spiro atoms. The van der Waals surface area contributed by atoms with Crippen LogP contribution in [0.5, 0.6) is 0 Å². The molecule has 3 aliphatic rings. The number of likely N-dealkylation sites (tertiary alicyclic amines) is 1. The fraction of sp³-hybridized carbons (Fsp3) is 0.550. The SMILES string of the molecule is O=C(c1ccc(S(=O)(=O)N2CCOCC2)cc1)N1CCC(n2cc(C3CC3)nn2)C1. The number of benzene rings is 1. The maximum Gasteiger partial charge on any atom is 0.253 e. The highest BCUT2D eigenvalue weighted by Crippen LogP contribution is 2.39. The summed E-state index contributed by atoms with van der Waals surface area (Å²) in [5.41, 5.74) is 1.55. The van der Waals surface area contributed by atoms with Crippen molar-refractivity contribution in [3.8, 4) is 0 Å². The molecule has 9 nitrogen and oxygen atoms in total. The Balaban J connectivity index is 1.25. The highest BCUT2D eigenvalue weighted by atomic mass is 32.2. The molecule has 1 atom stereocenters. The van der Waals surface area contributed by atoms with Gasteiger partial charge in [0.1, 0.15) is 0 Å². The summed E-state index contributed by atoms with van der Waals surface area (Å²) in [6.07, 6.45) is 5.22. The van der Waals surface area contributed by atoms with Gasteiger partial charge in [-0.3, -0.25) is 4.79 Å². The highest BCUT2D eigenvalue weighted by Gasteiger charge is 2.32. The Morgan fingerprint density at radius 2 is 1.77 bits per heavy atom. The van der Waals surface area contributed by atoms with Crippen LogP contribution in [0.1, 0.15) is 47.3 Å². The molecule has 1 unspecified atom stereocenters. The zero-order valence-electron chi connectivity index (χ0n) is 16.7. The lowest BCUT2D eigenvalue weighted by molar-refractivity contribution is 0.0730. The summed E-state index contributed by atoms with van der Waals surface area (Å²) in [5, 5.41) is 8.52. The molecule has 30 heavy (non-hydrogen) atoms. The van der Waals surface area contributed by atoms with Crippen molar-refractivity contribution < 1.29 is 17.9 Å². The van der Waals surface area contributed by atoms with E-state index in [1.165, 1.54) is 29.3 Å². The standard InChI is InChI=1S/C20H25N5O4S/c26-20(23-8-7-17(13-23)25-14-19(21-22-25)15-1-2-15)16-3-5-18(6-4-16)30(27,28)24-9-11-29-12-10-24/h3-6,14-15,17H,1-2,7-13H2. The predicted molar refractivity (Wildman–Crippen MR) is 108 cm³/mol. The Morgan fingerprint density at radius 1 is 1.03 bits per heavy atom. The third kappa shape index (κ3) is 3.75. The molecule has 1 aromatic carbocycles. The van der Waals surface area contributed by atoms with Crippen LogP contribution in [0.3, 0.4) is 0 Å². The monoisotopic (exact) mass is 431 g/mol. The molecular weight excluding hydrogens is 406 g/mol. The number of hydrogen-bond acceptors (Lipinski definition) is 6. The van der Waals surface area contributed by atoms with Crippen LogP contribution in [-0.4, -0.2) is 77.9 Å². The average molecular weight is 432 g/mol. The normalized spacial score (nSPS) is 23.1. The zero-order valence-corrected chi connectivity index (χ0v) is 17.5. The van der Waals surface area contributed by atoms with Crippen molar-refractivity contribution in [2.24, 2.45) is 0 Å². The fourth-order valence-corrected chi connectivity index (χ4v) is 5.47. The van der Waals surface area contributed by atoms with E-state index in [0.717, 1.165) is 12.1 Å². The zero-order chi connectivity index (χ0) is 20.7. The number of carbonyl (C=O) groups is 1. The number of morpholine rings is 1. The number of hydrogen-bond donors (Lipinski definition) is 0. The van der Waals surface area contributed by atoms with E-state index in [9.17, 15) is 13.2 Å². The molecule has 1 amide bonds. The number of carbonyl (C=O) groups excluding carboxylic acids is 1. The third-order valence-electron chi connectivity index (χ3n) is 6.06. The topological polar surface area (TPSA) is 97.6 Å². The first-order valence-corrected chi connectivity index (χ1v) is 11.9. The molecular formula is C20H25N5O4S. The third-order valence-corrected chi connectivity index (χ3v) is 7.97. The van der Waals surface area contributed by atoms with Gasteiger partial charge >= 0.3 is 0 Å². The Morgan fingerprint density at radius 3 is 2.47 bits per heavy atom. The molecule has 10 heteroatoms. The van der Waals surface area contributed by atoms with Crippen LogP contribution in [0.25, 0.3) is 0 Å². The van der Waals surface area contributed by atoms with Crippen LogP contribution in [0.2, 0.25) is 0 Å². The smallest absolute Gasteiger partial charge is 0.253 e. The summed E-state index contributed by atoms with van der Waals surface area (Å²) in [6.45, 7) is 2.74. The minimum atomic E-state index is -3.56. The van der Waals surface area contributed by atoms with Crippen molar-refractivity contribution in [3.05, 3.63) is 41.7 Å². The number of sulfonamides is 1. The van der Waals surface area contributed by atoms with Gasteiger partial charge in [-0.2, -0.15) is 4.31 Å². The lowest BCUT2D eigenvalue weighted by Crippen LogP contribution is -2.40. The van der Waals surface area contributed by atoms with Crippen molar-refractivity contribution in [3.63, 3.8) is 0 Å². The molecule has 0 bridgehead atoms. The second kappa shape index (κ2) is 7.75. The number of nitrogens with zero attached hydrogens (tertiary/aromatic N) is 5. The molecule has 160 valence electrons. The molecule has 2 aliphatic heterocycles. The van der Waals surface area contributed by atoms with E-state index in [0.29, 0.717) is 50.9 Å². The van der Waals surface area contributed by atoms with Crippen LogP contribution in [0.4, 0.5) is 0 Å². The van der Waals surface area contributed by atoms with Crippen LogP contribution >= 0.6 is 0 Å². The van der Waals surface area contributed by atoms with Gasteiger partial charge in [0.05, 0.1) is 29.8 Å². The van der Waals surface area contributed by atoms with Gasteiger partial charge in [0.15, 0.2) is 0 Å². The molecule has 2 aromatic rings. The summed E-state index contributed by atoms with van der Waals surface area (Å²) >= 11 is 0. The molecule has 2 saturated heterocycles. The van der Waals surface area contributed by atoms with Gasteiger partial charge in [-0.25, -0.2) is 13.1 Å². The first kappa shape index (κ1) is 19.7. The lowest BCUT2D eigenvalue weighted by Gasteiger charge is -2.26. The minimum absolute atomic E-state index is 0.0876. The number of amides is 1. The largest absolute Gasteiger partial charge is 0.379 e. The first-order valence-electron chi connectivity index (χ1n) is 10.4. The van der Waals surface area contributed by atoms with Gasteiger partial charge in [0.2, 0.25) is 10.0 Å². The quantitative estimate of drug-likeness (QED) is 0.707. The molecule has 1 aliphatic carbocycles. The molecule has 1 saturated carbocycles. The molecule has 3 heterocycles. The summed E-state index contributed by atoms with van der Waals surface area (Å²) in [5.74, 6) is 0.473. The van der Waals surface area contributed by atoms with Crippen molar-refractivity contribution >= 4 is 15.9 Å². The van der Waals surface area contributed by atoms with E-state index in [1.54, 1.807) is 17.0 Å². The summed E-state index contributed by atoms with van der Waals surface area (Å²) < 4.78 is 34.0. The van der Waals surface area contributed by atoms with Crippen LogP contribution in [0.15, 0.2) is 35.4 Å². The Hall–Kier alpha value is -2.30. The number of rotatable bonds is 5. The Kier molecular flexibility index (Phi) is 5.08. The summed E-state index contributed by atoms with van der Waals surface area (Å²) in [6, 6.07) is 6.37. The average Bonchev–Trinajstić information content (AvgIpc) is 3.30. The second-order valence-electron chi connectivity index (χ2n) is 8.13. The number of aromatic nitrogens is 3. The van der Waals surface area contributed by atoms with Crippen molar-refractivity contribution in [1.29, 1.82) is 0 Å². The maximum absolute atomic E-state index is 12.9. The first-order chi connectivity index (χ1) is 14.5. The van der Waals surface area contributed by atoms with Crippen molar-refractivity contribution in [1.82, 2.24) is 24.2 Å². The predicted octanol–water partition coefficient (Wildman–Crippen LogP) is 1.26. The molecule has 1 aromatic heterocycles. The molecule has 3 fully saturated rings. The van der Waals surface area contributed by atoms with E-state index in [4.69, 9.17) is 4.74 Å². The van der Waals surface area contributed by atoms with Crippen molar-refractivity contribution in [2.45, 2.75) is 36.1 Å². The Bertz CT molecular complexity index is 1030. The van der Waals surface area contributed by atoms with Gasteiger partial charge < -0.3 is 9.64 Å². The van der Waals surface area contributed by atoms with Crippen LogP contribution in [-0.2, 0) is 14.8 Å². The lowest BCUT2D eigenvalue weighted by atomic mass is 10.2. The molecule has 0 radical (unpaired) electrons. The molecule has 5 rings (SSSR count). The maximum atomic E-state index is 12.9. The van der Waals surface area contributed by atoms with Gasteiger partial charge in [-0.15, -0.1) is 5.10 Å². The summed E-state index contributed by atoms with van der Waals surface area (Å²) in [7, 11) is -3.56. The highest BCUT2D eigenvalue weighted by molar-refractivity contribution is 7.89. The van der Waals surface area contributed by atoms with Gasteiger partial charge in [-0.1, -0.05) is 5.21 Å². The van der Waals surface area contributed by atoms with E-state index in [1.807, 2.05) is 10.9 Å². The van der Waals surface area contributed by atoms with E-state index >= 15 is 0 Å². The summed E-state index contributed by atoms with van der Waals surface area (Å²) in [4.78, 5) is 14.9. The van der Waals surface area contributed by atoms with Crippen LogP contribution in [0, 0.1) is 0 Å². The Labute approximate surface area is 175 Å². The van der Waals surface area contributed by atoms with Crippen LogP contribution < -0.4 is 0 Å². The molecule has 0 N–H and O–H groups in total. The van der Waals surface area contributed by atoms with Crippen molar-refractivity contribution in [2.75, 3.05) is 39.4 Å². The van der Waals surface area contributed by atoms with E-state index < -0.39 is 10.0 Å². The van der Waals surface area contributed by atoms with E-state index in [2.05, 4.69) is 10.3 Å². The minimum Gasteiger partial charge on any atom is -0.379 e. The second-order valence-corrected chi connectivity index (χ2v) is 10.1. The van der Waals surface area contributed by atoms with Gasteiger partial charge in [-0.05, 0) is 43.5 Å². The van der Waals surface area contributed by atoms with Gasteiger partial charge in [0, 0.05) is 43.9 Å². The fourth-order valence-electron chi connectivity index (χ4n) is 4.07. The number of ether oxygens (including phenoxy) is 1. The van der Waals surface area contributed by atoms with Gasteiger partial charge in [0.25, 0.3) is 5.91 Å².